The Kier molecular flexibility index (Phi) is 7.23. The van der Waals surface area contributed by atoms with Crippen LogP contribution in [0.3, 0.4) is 0 Å². The summed E-state index contributed by atoms with van der Waals surface area (Å²) in [5.41, 5.74) is 2.02. The van der Waals surface area contributed by atoms with Gasteiger partial charge in [-0.3, -0.25) is 4.79 Å². The molecule has 1 heterocycles. The molecule has 0 aliphatic carbocycles. The van der Waals surface area contributed by atoms with Crippen LogP contribution in [0.1, 0.15) is 23.5 Å². The first-order valence-corrected chi connectivity index (χ1v) is 8.18. The zero-order valence-electron chi connectivity index (χ0n) is 13.9. The zero-order valence-corrected chi connectivity index (χ0v) is 14.6. The number of nitrogens with zero attached hydrogens (tertiary/aromatic N) is 2. The van der Waals surface area contributed by atoms with E-state index in [0.717, 1.165) is 24.1 Å². The smallest absolute Gasteiger partial charge is 0.232 e. The van der Waals surface area contributed by atoms with Gasteiger partial charge in [-0.2, -0.15) is 0 Å². The summed E-state index contributed by atoms with van der Waals surface area (Å²) in [6.07, 6.45) is 6.36. The van der Waals surface area contributed by atoms with E-state index in [-0.39, 0.29) is 24.2 Å². The SMILES string of the molecule is O=C(NCCCn1ccnc1)C(c1ccccc1)c1ccccc1.[Cl-]. The van der Waals surface area contributed by atoms with Gasteiger partial charge in [0.05, 0.1) is 12.2 Å². The average molecular weight is 355 g/mol. The number of imidazole rings is 1. The Labute approximate surface area is 154 Å². The predicted octanol–water partition coefficient (Wildman–Crippen LogP) is 0.225. The Balaban J connectivity index is 0.00000225. The van der Waals surface area contributed by atoms with Crippen LogP contribution in [0.5, 0.6) is 0 Å². The van der Waals surface area contributed by atoms with E-state index in [1.54, 1.807) is 12.5 Å². The highest BCUT2D eigenvalue weighted by Crippen LogP contribution is 2.24. The van der Waals surface area contributed by atoms with Crippen molar-refractivity contribution in [2.24, 2.45) is 0 Å². The quantitative estimate of drug-likeness (QED) is 0.617. The zero-order chi connectivity index (χ0) is 16.6. The number of carbonyl (C=O) groups is 1. The van der Waals surface area contributed by atoms with Crippen molar-refractivity contribution in [1.82, 2.24) is 14.9 Å². The largest absolute Gasteiger partial charge is 1.00 e. The highest BCUT2D eigenvalue weighted by atomic mass is 35.5. The monoisotopic (exact) mass is 354 g/mol. The number of hydrogen-bond acceptors (Lipinski definition) is 2. The minimum atomic E-state index is -0.277. The first-order valence-electron chi connectivity index (χ1n) is 8.18. The van der Waals surface area contributed by atoms with Gasteiger partial charge in [-0.1, -0.05) is 60.7 Å². The molecule has 0 aliphatic rings. The van der Waals surface area contributed by atoms with Gasteiger partial charge in [0.15, 0.2) is 0 Å². The number of amides is 1. The molecule has 0 saturated heterocycles. The average Bonchev–Trinajstić information content (AvgIpc) is 3.14. The number of aryl methyl sites for hydroxylation is 1. The summed E-state index contributed by atoms with van der Waals surface area (Å²) in [5.74, 6) is -0.237. The van der Waals surface area contributed by atoms with Crippen molar-refractivity contribution in [3.8, 4) is 0 Å². The second kappa shape index (κ2) is 9.64. The maximum Gasteiger partial charge on any atom is 0.232 e. The molecule has 3 aromatic rings. The maximum atomic E-state index is 12.8. The summed E-state index contributed by atoms with van der Waals surface area (Å²) in [6.45, 7) is 1.49. The van der Waals surface area contributed by atoms with E-state index in [4.69, 9.17) is 0 Å². The van der Waals surface area contributed by atoms with E-state index in [1.807, 2.05) is 71.4 Å². The molecule has 3 rings (SSSR count). The van der Waals surface area contributed by atoms with Crippen LogP contribution >= 0.6 is 0 Å². The van der Waals surface area contributed by atoms with E-state index < -0.39 is 0 Å². The van der Waals surface area contributed by atoms with Crippen LogP contribution in [0.25, 0.3) is 0 Å². The van der Waals surface area contributed by atoms with Crippen LogP contribution in [-0.4, -0.2) is 22.0 Å². The van der Waals surface area contributed by atoms with E-state index in [9.17, 15) is 4.79 Å². The molecular formula is C20H21ClN3O-. The van der Waals surface area contributed by atoms with Crippen LogP contribution < -0.4 is 17.7 Å². The molecule has 0 radical (unpaired) electrons. The van der Waals surface area contributed by atoms with Crippen LogP contribution in [0.2, 0.25) is 0 Å². The Morgan fingerprint density at radius 1 is 1.00 bits per heavy atom. The highest BCUT2D eigenvalue weighted by Gasteiger charge is 2.21. The summed E-state index contributed by atoms with van der Waals surface area (Å²) < 4.78 is 2.01. The van der Waals surface area contributed by atoms with E-state index >= 15 is 0 Å². The summed E-state index contributed by atoms with van der Waals surface area (Å²) in [4.78, 5) is 16.8. The number of rotatable bonds is 7. The summed E-state index contributed by atoms with van der Waals surface area (Å²) >= 11 is 0. The van der Waals surface area contributed by atoms with Gasteiger partial charge in [0.2, 0.25) is 5.91 Å². The third-order valence-electron chi connectivity index (χ3n) is 3.98. The first kappa shape index (κ1) is 18.7. The Morgan fingerprint density at radius 2 is 1.60 bits per heavy atom. The van der Waals surface area contributed by atoms with E-state index in [2.05, 4.69) is 10.3 Å². The van der Waals surface area contributed by atoms with Crippen molar-refractivity contribution in [2.45, 2.75) is 18.9 Å². The van der Waals surface area contributed by atoms with Crippen molar-refractivity contribution >= 4 is 5.91 Å². The Morgan fingerprint density at radius 3 is 2.12 bits per heavy atom. The molecule has 4 nitrogen and oxygen atoms in total. The van der Waals surface area contributed by atoms with Gasteiger partial charge >= 0.3 is 0 Å². The van der Waals surface area contributed by atoms with Gasteiger partial charge in [0.25, 0.3) is 0 Å². The van der Waals surface area contributed by atoms with Crippen molar-refractivity contribution in [3.05, 3.63) is 90.5 Å². The van der Waals surface area contributed by atoms with Gasteiger partial charge in [0, 0.05) is 25.5 Å². The maximum absolute atomic E-state index is 12.8. The first-order chi connectivity index (χ1) is 11.8. The minimum Gasteiger partial charge on any atom is -1.00 e. The molecule has 1 amide bonds. The fourth-order valence-electron chi connectivity index (χ4n) is 2.78. The van der Waals surface area contributed by atoms with Crippen LogP contribution in [0.15, 0.2) is 79.4 Å². The second-order valence-corrected chi connectivity index (χ2v) is 5.70. The molecule has 0 saturated carbocycles. The Hall–Kier alpha value is -2.59. The van der Waals surface area contributed by atoms with E-state index in [1.165, 1.54) is 0 Å². The molecule has 0 unspecified atom stereocenters. The van der Waals surface area contributed by atoms with Crippen LogP contribution in [0.4, 0.5) is 0 Å². The summed E-state index contributed by atoms with van der Waals surface area (Å²) in [7, 11) is 0. The number of aromatic nitrogens is 2. The van der Waals surface area contributed by atoms with Gasteiger partial charge in [-0.25, -0.2) is 4.98 Å². The van der Waals surface area contributed by atoms with Crippen molar-refractivity contribution < 1.29 is 17.2 Å². The Bertz CT molecular complexity index is 706. The number of benzene rings is 2. The fraction of sp³-hybridized carbons (Fsp3) is 0.200. The lowest BCUT2D eigenvalue weighted by Gasteiger charge is -2.18. The lowest BCUT2D eigenvalue weighted by atomic mass is 9.90. The highest BCUT2D eigenvalue weighted by molar-refractivity contribution is 5.87. The van der Waals surface area contributed by atoms with Crippen molar-refractivity contribution in [1.29, 1.82) is 0 Å². The molecule has 1 aromatic heterocycles. The van der Waals surface area contributed by atoms with Gasteiger partial charge in [-0.15, -0.1) is 0 Å². The lowest BCUT2D eigenvalue weighted by molar-refractivity contribution is -0.121. The third-order valence-corrected chi connectivity index (χ3v) is 3.98. The van der Waals surface area contributed by atoms with E-state index in [0.29, 0.717) is 6.54 Å². The molecule has 25 heavy (non-hydrogen) atoms. The van der Waals surface area contributed by atoms with Crippen molar-refractivity contribution in [2.75, 3.05) is 6.54 Å². The van der Waals surface area contributed by atoms with Crippen LogP contribution in [0, 0.1) is 0 Å². The lowest BCUT2D eigenvalue weighted by Crippen LogP contribution is -3.00. The molecule has 5 heteroatoms. The molecular weight excluding hydrogens is 334 g/mol. The standard InChI is InChI=1S/C20H21N3O.ClH/c24-20(22-12-7-14-23-15-13-21-16-23)19(17-8-3-1-4-9-17)18-10-5-2-6-11-18;/h1-6,8-11,13,15-16,19H,7,12,14H2,(H,22,24);1H/p-1. The van der Waals surface area contributed by atoms with Crippen molar-refractivity contribution in [3.63, 3.8) is 0 Å². The summed E-state index contributed by atoms with van der Waals surface area (Å²) in [6, 6.07) is 19.8. The number of carbonyl (C=O) groups excluding carboxylic acids is 1. The molecule has 1 N–H and O–H groups in total. The molecule has 0 aliphatic heterocycles. The van der Waals surface area contributed by atoms with Gasteiger partial charge in [0.1, 0.15) is 0 Å². The number of hydrogen-bond donors (Lipinski definition) is 1. The third kappa shape index (κ3) is 5.19. The molecule has 0 spiro atoms. The number of nitrogens with one attached hydrogen (secondary N) is 1. The topological polar surface area (TPSA) is 46.9 Å². The molecule has 0 bridgehead atoms. The normalized spacial score (nSPS) is 10.3. The van der Waals surface area contributed by atoms with Gasteiger partial charge < -0.3 is 22.3 Å². The summed E-state index contributed by atoms with van der Waals surface area (Å²) in [5, 5.41) is 3.07. The van der Waals surface area contributed by atoms with Crippen LogP contribution in [-0.2, 0) is 11.3 Å². The molecule has 2 aromatic carbocycles. The molecule has 0 atom stereocenters. The predicted molar refractivity (Wildman–Crippen MR) is 94.6 cm³/mol. The van der Waals surface area contributed by atoms with Gasteiger partial charge in [-0.05, 0) is 17.5 Å². The fourth-order valence-corrected chi connectivity index (χ4v) is 2.78. The molecule has 130 valence electrons. The molecule has 0 fully saturated rings. The second-order valence-electron chi connectivity index (χ2n) is 5.70. The number of halogens is 1. The minimum absolute atomic E-state index is 0.